The van der Waals surface area contributed by atoms with Crippen LogP contribution in [0, 0.1) is 5.92 Å². The Morgan fingerprint density at radius 1 is 1.27 bits per heavy atom. The minimum atomic E-state index is -2.97. The van der Waals surface area contributed by atoms with Gasteiger partial charge in [0.05, 0.1) is 17.4 Å². The van der Waals surface area contributed by atoms with Gasteiger partial charge >= 0.3 is 0 Å². The Kier molecular flexibility index (Phi) is 4.28. The fraction of sp³-hybridized carbons (Fsp3) is 0.643. The molecule has 7 nitrogen and oxygen atoms in total. The molecule has 0 radical (unpaired) electrons. The zero-order valence-electron chi connectivity index (χ0n) is 12.3. The number of piperidine rings is 1. The summed E-state index contributed by atoms with van der Waals surface area (Å²) in [6, 6.07) is 1.53. The number of nitrogens with one attached hydrogen (secondary N) is 1. The van der Waals surface area contributed by atoms with Crippen molar-refractivity contribution in [3.63, 3.8) is 0 Å². The third kappa shape index (κ3) is 3.55. The number of aromatic nitrogens is 2. The molecule has 8 heteroatoms. The second-order valence-corrected chi connectivity index (χ2v) is 8.17. The monoisotopic (exact) mass is 324 g/mol. The van der Waals surface area contributed by atoms with Gasteiger partial charge in [-0.05, 0) is 25.3 Å². The van der Waals surface area contributed by atoms with Crippen LogP contribution < -0.4 is 10.2 Å². The summed E-state index contributed by atoms with van der Waals surface area (Å²) in [6.07, 6.45) is 5.62. The molecular weight excluding hydrogens is 304 g/mol. The van der Waals surface area contributed by atoms with E-state index in [-0.39, 0.29) is 29.4 Å². The molecule has 2 aliphatic rings. The highest BCUT2D eigenvalue weighted by molar-refractivity contribution is 7.91. The van der Waals surface area contributed by atoms with Crippen LogP contribution in [0.25, 0.3) is 0 Å². The SMILES string of the molecule is O=C(NC1CCS(=O)(=O)C1)C1CCCN(c2ncccn2)C1. The Labute approximate surface area is 130 Å². The molecule has 2 fully saturated rings. The first-order valence-electron chi connectivity index (χ1n) is 7.56. The summed E-state index contributed by atoms with van der Waals surface area (Å²) in [6.45, 7) is 1.42. The maximum atomic E-state index is 12.4. The lowest BCUT2D eigenvalue weighted by Gasteiger charge is -2.32. The number of hydrogen-bond acceptors (Lipinski definition) is 6. The highest BCUT2D eigenvalue weighted by atomic mass is 32.2. The number of carbonyl (C=O) groups excluding carboxylic acids is 1. The lowest BCUT2D eigenvalue weighted by Crippen LogP contribution is -2.46. The molecule has 0 aromatic carbocycles. The highest BCUT2D eigenvalue weighted by Crippen LogP contribution is 2.21. The Hall–Kier alpha value is -1.70. The standard InChI is InChI=1S/C14H20N4O3S/c19-13(17-12-4-8-22(20,21)10-12)11-3-1-7-18(9-11)14-15-5-2-6-16-14/h2,5-6,11-12H,1,3-4,7-10H2,(H,17,19). The highest BCUT2D eigenvalue weighted by Gasteiger charge is 2.32. The van der Waals surface area contributed by atoms with E-state index in [1.165, 1.54) is 0 Å². The van der Waals surface area contributed by atoms with Crippen LogP contribution in [-0.2, 0) is 14.6 Å². The smallest absolute Gasteiger partial charge is 0.225 e. The third-order valence-corrected chi connectivity index (χ3v) is 5.97. The summed E-state index contributed by atoms with van der Waals surface area (Å²) in [5.41, 5.74) is 0. The second kappa shape index (κ2) is 6.20. The van der Waals surface area contributed by atoms with Gasteiger partial charge < -0.3 is 10.2 Å². The molecule has 22 heavy (non-hydrogen) atoms. The largest absolute Gasteiger partial charge is 0.352 e. The average Bonchev–Trinajstić information content (AvgIpc) is 2.87. The number of hydrogen-bond donors (Lipinski definition) is 1. The molecule has 120 valence electrons. The summed E-state index contributed by atoms with van der Waals surface area (Å²) < 4.78 is 22.9. The van der Waals surface area contributed by atoms with E-state index >= 15 is 0 Å². The Morgan fingerprint density at radius 3 is 2.73 bits per heavy atom. The van der Waals surface area contributed by atoms with Crippen LogP contribution in [0.2, 0.25) is 0 Å². The zero-order valence-corrected chi connectivity index (χ0v) is 13.1. The topological polar surface area (TPSA) is 92.3 Å². The van der Waals surface area contributed by atoms with Crippen LogP contribution in [0.1, 0.15) is 19.3 Å². The van der Waals surface area contributed by atoms with Crippen molar-refractivity contribution in [1.82, 2.24) is 15.3 Å². The summed E-state index contributed by atoms with van der Waals surface area (Å²) in [7, 11) is -2.97. The molecule has 1 aromatic heterocycles. The number of sulfone groups is 1. The summed E-state index contributed by atoms with van der Waals surface area (Å²) in [5, 5.41) is 2.89. The third-order valence-electron chi connectivity index (χ3n) is 4.21. The molecule has 2 aliphatic heterocycles. The maximum Gasteiger partial charge on any atom is 0.225 e. The molecule has 2 unspecified atom stereocenters. The summed E-state index contributed by atoms with van der Waals surface area (Å²) >= 11 is 0. The van der Waals surface area contributed by atoms with Crippen LogP contribution in [0.4, 0.5) is 5.95 Å². The van der Waals surface area contributed by atoms with Gasteiger partial charge in [-0.2, -0.15) is 0 Å². The van der Waals surface area contributed by atoms with Gasteiger partial charge in [0.2, 0.25) is 11.9 Å². The van der Waals surface area contributed by atoms with E-state index in [1.54, 1.807) is 18.5 Å². The quantitative estimate of drug-likeness (QED) is 0.841. The van der Waals surface area contributed by atoms with Crippen LogP contribution in [-0.4, -0.2) is 54.9 Å². The molecule has 0 bridgehead atoms. The van der Waals surface area contributed by atoms with E-state index < -0.39 is 9.84 Å². The summed E-state index contributed by atoms with van der Waals surface area (Å²) in [5.74, 6) is 0.691. The zero-order chi connectivity index (χ0) is 15.6. The first kappa shape index (κ1) is 15.2. The van der Waals surface area contributed by atoms with E-state index in [9.17, 15) is 13.2 Å². The van der Waals surface area contributed by atoms with Crippen molar-refractivity contribution in [2.45, 2.75) is 25.3 Å². The number of carbonyl (C=O) groups is 1. The van der Waals surface area contributed by atoms with E-state index in [0.29, 0.717) is 18.9 Å². The molecule has 0 saturated carbocycles. The lowest BCUT2D eigenvalue weighted by molar-refractivity contribution is -0.125. The Bertz CT molecular complexity index is 635. The molecule has 0 aliphatic carbocycles. The Balaban J connectivity index is 1.59. The van der Waals surface area contributed by atoms with Gasteiger partial charge in [-0.1, -0.05) is 0 Å². The van der Waals surface area contributed by atoms with Gasteiger partial charge in [0, 0.05) is 31.5 Å². The van der Waals surface area contributed by atoms with Crippen molar-refractivity contribution in [1.29, 1.82) is 0 Å². The van der Waals surface area contributed by atoms with Gasteiger partial charge in [0.15, 0.2) is 9.84 Å². The predicted octanol–water partition coefficient (Wildman–Crippen LogP) is -0.00370. The minimum Gasteiger partial charge on any atom is -0.352 e. The lowest BCUT2D eigenvalue weighted by atomic mass is 9.97. The average molecular weight is 324 g/mol. The molecule has 0 spiro atoms. The van der Waals surface area contributed by atoms with Gasteiger partial charge in [-0.25, -0.2) is 18.4 Å². The van der Waals surface area contributed by atoms with Crippen molar-refractivity contribution in [3.8, 4) is 0 Å². The van der Waals surface area contributed by atoms with Crippen LogP contribution in [0.5, 0.6) is 0 Å². The van der Waals surface area contributed by atoms with E-state index in [4.69, 9.17) is 0 Å². The van der Waals surface area contributed by atoms with Gasteiger partial charge in [0.1, 0.15) is 0 Å². The molecule has 1 amide bonds. The fourth-order valence-corrected chi connectivity index (χ4v) is 4.73. The van der Waals surface area contributed by atoms with Crippen molar-refractivity contribution < 1.29 is 13.2 Å². The van der Waals surface area contributed by atoms with Crippen LogP contribution >= 0.6 is 0 Å². The molecule has 3 rings (SSSR count). The van der Waals surface area contributed by atoms with Crippen LogP contribution in [0.15, 0.2) is 18.5 Å². The van der Waals surface area contributed by atoms with Crippen molar-refractivity contribution >= 4 is 21.7 Å². The molecular formula is C14H20N4O3S. The molecule has 1 N–H and O–H groups in total. The maximum absolute atomic E-state index is 12.4. The number of amides is 1. The number of anilines is 1. The fourth-order valence-electron chi connectivity index (χ4n) is 3.06. The predicted molar refractivity (Wildman–Crippen MR) is 82.2 cm³/mol. The van der Waals surface area contributed by atoms with Crippen molar-refractivity contribution in [2.24, 2.45) is 5.92 Å². The second-order valence-electron chi connectivity index (χ2n) is 5.94. The van der Waals surface area contributed by atoms with Gasteiger partial charge in [0.25, 0.3) is 0 Å². The van der Waals surface area contributed by atoms with E-state index in [0.717, 1.165) is 19.4 Å². The molecule has 1 aromatic rings. The molecule has 3 heterocycles. The molecule has 2 atom stereocenters. The first-order valence-corrected chi connectivity index (χ1v) is 9.38. The van der Waals surface area contributed by atoms with Gasteiger partial charge in [-0.3, -0.25) is 4.79 Å². The molecule has 2 saturated heterocycles. The van der Waals surface area contributed by atoms with E-state index in [2.05, 4.69) is 15.3 Å². The van der Waals surface area contributed by atoms with Gasteiger partial charge in [-0.15, -0.1) is 0 Å². The Morgan fingerprint density at radius 2 is 2.05 bits per heavy atom. The number of rotatable bonds is 3. The normalized spacial score (nSPS) is 27.5. The van der Waals surface area contributed by atoms with Crippen LogP contribution in [0.3, 0.4) is 0 Å². The van der Waals surface area contributed by atoms with Crippen molar-refractivity contribution in [3.05, 3.63) is 18.5 Å². The minimum absolute atomic E-state index is 0.0530. The van der Waals surface area contributed by atoms with Crippen molar-refractivity contribution in [2.75, 3.05) is 29.5 Å². The van der Waals surface area contributed by atoms with E-state index in [1.807, 2.05) is 4.90 Å². The summed E-state index contributed by atoms with van der Waals surface area (Å²) in [4.78, 5) is 22.8. The number of nitrogens with zero attached hydrogens (tertiary/aromatic N) is 3. The first-order chi connectivity index (χ1) is 10.5.